The molecule has 128 valence electrons. The van der Waals surface area contributed by atoms with Crippen LogP contribution in [0.25, 0.3) is 5.69 Å². The minimum atomic E-state index is -0.631. The number of halogens is 3. The Morgan fingerprint density at radius 3 is 2.48 bits per heavy atom. The van der Waals surface area contributed by atoms with Gasteiger partial charge in [-0.1, -0.05) is 40.9 Å². The highest BCUT2D eigenvalue weighted by molar-refractivity contribution is 6.40. The highest BCUT2D eigenvalue weighted by Crippen LogP contribution is 2.31. The van der Waals surface area contributed by atoms with Crippen LogP contribution in [0.1, 0.15) is 10.4 Å². The standard InChI is InChI=1S/C15H10Cl3N5O2/c16-8-5-10(17)12(11(18)6-8)23-15(25)21-14(22-23)20-13(24)7-2-1-3-9(19)4-7/h1-6H,19H2,(H2,20,21,22,24,25). The third kappa shape index (κ3) is 3.63. The number of carbonyl (C=O) groups excluding carboxylic acids is 1. The number of hydrogen-bond donors (Lipinski definition) is 3. The summed E-state index contributed by atoms with van der Waals surface area (Å²) >= 11 is 18.0. The second-order valence-corrected chi connectivity index (χ2v) is 6.24. The number of nitrogens with zero attached hydrogens (tertiary/aromatic N) is 2. The van der Waals surface area contributed by atoms with Crippen molar-refractivity contribution in [2.24, 2.45) is 0 Å². The molecule has 0 saturated heterocycles. The lowest BCUT2D eigenvalue weighted by molar-refractivity contribution is 0.102. The van der Waals surface area contributed by atoms with Gasteiger partial charge in [-0.05, 0) is 30.3 Å². The van der Waals surface area contributed by atoms with Gasteiger partial charge in [-0.15, -0.1) is 5.10 Å². The first-order valence-corrected chi connectivity index (χ1v) is 7.99. The molecular formula is C15H10Cl3N5O2. The number of carbonyl (C=O) groups is 1. The first-order chi connectivity index (χ1) is 11.8. The van der Waals surface area contributed by atoms with Crippen LogP contribution in [0.2, 0.25) is 15.1 Å². The fraction of sp³-hybridized carbons (Fsp3) is 0. The normalized spacial score (nSPS) is 10.7. The van der Waals surface area contributed by atoms with E-state index in [0.717, 1.165) is 4.68 Å². The van der Waals surface area contributed by atoms with Gasteiger partial charge in [0.1, 0.15) is 5.69 Å². The van der Waals surface area contributed by atoms with Crippen LogP contribution < -0.4 is 16.7 Å². The molecule has 0 unspecified atom stereocenters. The van der Waals surface area contributed by atoms with E-state index in [0.29, 0.717) is 16.3 Å². The molecular weight excluding hydrogens is 389 g/mol. The molecule has 3 aromatic rings. The number of rotatable bonds is 3. The zero-order valence-corrected chi connectivity index (χ0v) is 14.7. The third-order valence-corrected chi connectivity index (χ3v) is 3.99. The van der Waals surface area contributed by atoms with Crippen molar-refractivity contribution >= 4 is 52.3 Å². The molecule has 0 atom stereocenters. The molecule has 1 amide bonds. The number of nitrogens with one attached hydrogen (secondary N) is 2. The Morgan fingerprint density at radius 1 is 1.16 bits per heavy atom. The molecule has 25 heavy (non-hydrogen) atoms. The molecule has 0 fully saturated rings. The molecule has 3 rings (SSSR count). The van der Waals surface area contributed by atoms with E-state index in [4.69, 9.17) is 40.5 Å². The van der Waals surface area contributed by atoms with Crippen molar-refractivity contribution < 1.29 is 4.79 Å². The summed E-state index contributed by atoms with van der Waals surface area (Å²) in [6.07, 6.45) is 0. The average Bonchev–Trinajstić information content (AvgIpc) is 2.86. The molecule has 4 N–H and O–H groups in total. The van der Waals surface area contributed by atoms with E-state index in [9.17, 15) is 9.59 Å². The van der Waals surface area contributed by atoms with Gasteiger partial charge in [-0.2, -0.15) is 4.68 Å². The molecule has 1 heterocycles. The lowest BCUT2D eigenvalue weighted by atomic mass is 10.2. The van der Waals surface area contributed by atoms with Gasteiger partial charge in [-0.25, -0.2) is 4.79 Å². The molecule has 0 aliphatic carbocycles. The van der Waals surface area contributed by atoms with E-state index in [1.54, 1.807) is 18.2 Å². The van der Waals surface area contributed by atoms with Gasteiger partial charge in [0.25, 0.3) is 5.91 Å². The van der Waals surface area contributed by atoms with E-state index in [1.807, 2.05) is 0 Å². The fourth-order valence-electron chi connectivity index (χ4n) is 2.13. The van der Waals surface area contributed by atoms with Gasteiger partial charge >= 0.3 is 5.69 Å². The third-order valence-electron chi connectivity index (χ3n) is 3.19. The van der Waals surface area contributed by atoms with Crippen molar-refractivity contribution in [3.8, 4) is 5.69 Å². The summed E-state index contributed by atoms with van der Waals surface area (Å²) in [7, 11) is 0. The number of nitrogens with two attached hydrogens (primary N) is 1. The quantitative estimate of drug-likeness (QED) is 0.588. The van der Waals surface area contributed by atoms with E-state index in [1.165, 1.54) is 18.2 Å². The Hall–Kier alpha value is -2.48. The number of nitrogen functional groups attached to an aromatic ring is 1. The fourth-order valence-corrected chi connectivity index (χ4v) is 3.11. The maximum atomic E-state index is 12.2. The minimum Gasteiger partial charge on any atom is -0.399 e. The summed E-state index contributed by atoms with van der Waals surface area (Å²) in [5, 5.41) is 7.06. The van der Waals surface area contributed by atoms with Crippen LogP contribution in [-0.4, -0.2) is 20.7 Å². The molecule has 2 aromatic carbocycles. The molecule has 0 aliphatic rings. The van der Waals surface area contributed by atoms with Crippen LogP contribution >= 0.6 is 34.8 Å². The van der Waals surface area contributed by atoms with Crippen LogP contribution in [0.4, 0.5) is 11.6 Å². The first kappa shape index (κ1) is 17.3. The van der Waals surface area contributed by atoms with E-state index in [2.05, 4.69) is 15.4 Å². The minimum absolute atomic E-state index is 0.0699. The Balaban J connectivity index is 1.94. The van der Waals surface area contributed by atoms with Gasteiger partial charge in [0.2, 0.25) is 5.95 Å². The molecule has 0 spiro atoms. The van der Waals surface area contributed by atoms with Crippen molar-refractivity contribution in [3.63, 3.8) is 0 Å². The predicted octanol–water partition coefficient (Wildman–Crippen LogP) is 3.36. The van der Waals surface area contributed by atoms with Crippen LogP contribution in [-0.2, 0) is 0 Å². The summed E-state index contributed by atoms with van der Waals surface area (Å²) in [5.74, 6) is -0.555. The van der Waals surface area contributed by atoms with Crippen LogP contribution in [0, 0.1) is 0 Å². The molecule has 1 aromatic heterocycles. The molecule has 0 aliphatic heterocycles. The number of anilines is 2. The second kappa shape index (κ2) is 6.79. The lowest BCUT2D eigenvalue weighted by Crippen LogP contribution is -2.16. The average molecular weight is 399 g/mol. The Morgan fingerprint density at radius 2 is 1.84 bits per heavy atom. The van der Waals surface area contributed by atoms with Gasteiger partial charge < -0.3 is 5.73 Å². The van der Waals surface area contributed by atoms with Gasteiger partial charge in [0, 0.05) is 16.3 Å². The predicted molar refractivity (Wildman–Crippen MR) is 98.0 cm³/mol. The number of benzene rings is 2. The maximum absolute atomic E-state index is 12.2. The zero-order valence-electron chi connectivity index (χ0n) is 12.4. The van der Waals surface area contributed by atoms with Gasteiger partial charge in [0.15, 0.2) is 0 Å². The number of amides is 1. The Bertz CT molecular complexity index is 1000. The van der Waals surface area contributed by atoms with Crippen molar-refractivity contribution in [3.05, 3.63) is 67.5 Å². The Labute approximate surface area is 156 Å². The first-order valence-electron chi connectivity index (χ1n) is 6.86. The van der Waals surface area contributed by atoms with Gasteiger partial charge in [-0.3, -0.25) is 15.1 Å². The molecule has 7 nitrogen and oxygen atoms in total. The topological polar surface area (TPSA) is 106 Å². The summed E-state index contributed by atoms with van der Waals surface area (Å²) < 4.78 is 0.940. The Kier molecular flexibility index (Phi) is 4.71. The second-order valence-electron chi connectivity index (χ2n) is 4.99. The van der Waals surface area contributed by atoms with Crippen LogP contribution in [0.3, 0.4) is 0 Å². The smallest absolute Gasteiger partial charge is 0.349 e. The zero-order chi connectivity index (χ0) is 18.1. The van der Waals surface area contributed by atoms with Crippen molar-refractivity contribution in [2.75, 3.05) is 11.1 Å². The van der Waals surface area contributed by atoms with Crippen molar-refractivity contribution in [2.45, 2.75) is 0 Å². The van der Waals surface area contributed by atoms with E-state index < -0.39 is 11.6 Å². The summed E-state index contributed by atoms with van der Waals surface area (Å²) in [6.45, 7) is 0. The number of H-pyrrole nitrogens is 1. The largest absolute Gasteiger partial charge is 0.399 e. The highest BCUT2D eigenvalue weighted by atomic mass is 35.5. The summed E-state index contributed by atoms with van der Waals surface area (Å²) in [6, 6.07) is 9.22. The molecule has 10 heteroatoms. The summed E-state index contributed by atoms with van der Waals surface area (Å²) in [5.41, 5.74) is 5.92. The maximum Gasteiger partial charge on any atom is 0.349 e. The van der Waals surface area contributed by atoms with E-state index >= 15 is 0 Å². The lowest BCUT2D eigenvalue weighted by Gasteiger charge is -2.06. The molecule has 0 bridgehead atoms. The molecule has 0 saturated carbocycles. The number of aromatic amines is 1. The highest BCUT2D eigenvalue weighted by Gasteiger charge is 2.16. The monoisotopic (exact) mass is 397 g/mol. The molecule has 0 radical (unpaired) electrons. The van der Waals surface area contributed by atoms with Gasteiger partial charge in [0.05, 0.1) is 10.0 Å². The van der Waals surface area contributed by atoms with E-state index in [-0.39, 0.29) is 21.7 Å². The summed E-state index contributed by atoms with van der Waals surface area (Å²) in [4.78, 5) is 26.7. The van der Waals surface area contributed by atoms with Crippen LogP contribution in [0.15, 0.2) is 41.2 Å². The number of aromatic nitrogens is 3. The van der Waals surface area contributed by atoms with Crippen molar-refractivity contribution in [1.82, 2.24) is 14.8 Å². The van der Waals surface area contributed by atoms with Crippen LogP contribution in [0.5, 0.6) is 0 Å². The number of hydrogen-bond acceptors (Lipinski definition) is 4. The van der Waals surface area contributed by atoms with Crippen molar-refractivity contribution in [1.29, 1.82) is 0 Å². The SMILES string of the molecule is Nc1cccc(C(=O)Nc2nn(-c3c(Cl)cc(Cl)cc3Cl)c(=O)[nH]2)c1.